The highest BCUT2D eigenvalue weighted by Gasteiger charge is 2.20. The number of carbonyl (C=O) groups excluding carboxylic acids is 1. The Morgan fingerprint density at radius 2 is 1.90 bits per heavy atom. The van der Waals surface area contributed by atoms with E-state index < -0.39 is 29.6 Å². The summed E-state index contributed by atoms with van der Waals surface area (Å²) in [6.07, 6.45) is 3.91. The van der Waals surface area contributed by atoms with Gasteiger partial charge < -0.3 is 10.4 Å². The predicted molar refractivity (Wildman–Crippen MR) is 74.0 cm³/mol. The second-order valence-corrected chi connectivity index (χ2v) is 4.84. The molecule has 0 aliphatic heterocycles. The van der Waals surface area contributed by atoms with E-state index in [9.17, 15) is 18.4 Å². The number of carboxylic acid groups (broad SMARTS) is 1. The summed E-state index contributed by atoms with van der Waals surface area (Å²) >= 11 is 0. The van der Waals surface area contributed by atoms with E-state index in [1.165, 1.54) is 0 Å². The highest BCUT2D eigenvalue weighted by Crippen LogP contribution is 2.10. The van der Waals surface area contributed by atoms with Crippen molar-refractivity contribution in [3.8, 4) is 0 Å². The van der Waals surface area contributed by atoms with E-state index in [0.29, 0.717) is 12.8 Å². The summed E-state index contributed by atoms with van der Waals surface area (Å²) in [5.74, 6) is -4.06. The maximum absolute atomic E-state index is 13.1. The maximum atomic E-state index is 13.1. The lowest BCUT2D eigenvalue weighted by molar-refractivity contribution is -0.139. The van der Waals surface area contributed by atoms with Gasteiger partial charge in [-0.05, 0) is 24.6 Å². The molecule has 0 spiro atoms. The molecule has 1 amide bonds. The number of rotatable bonds is 8. The first kappa shape index (κ1) is 17.1. The Kier molecular flexibility index (Phi) is 6.78. The third-order valence-corrected chi connectivity index (χ3v) is 3.13. The Bertz CT molecular complexity index is 506. The molecule has 4 nitrogen and oxygen atoms in total. The first-order valence-corrected chi connectivity index (χ1v) is 6.94. The molecule has 0 heterocycles. The Labute approximate surface area is 122 Å². The molecule has 1 aromatic carbocycles. The van der Waals surface area contributed by atoms with Crippen LogP contribution in [0.15, 0.2) is 18.2 Å². The summed E-state index contributed by atoms with van der Waals surface area (Å²) in [6, 6.07) is 1.67. The number of aliphatic carboxylic acids is 1. The summed E-state index contributed by atoms with van der Waals surface area (Å²) < 4.78 is 25.8. The average molecular weight is 299 g/mol. The van der Waals surface area contributed by atoms with E-state index in [4.69, 9.17) is 5.11 Å². The molecule has 1 atom stereocenters. The number of nitrogens with one attached hydrogen (secondary N) is 1. The van der Waals surface area contributed by atoms with E-state index in [1.807, 2.05) is 6.92 Å². The minimum Gasteiger partial charge on any atom is -0.480 e. The third-order valence-electron chi connectivity index (χ3n) is 3.13. The lowest BCUT2D eigenvalue weighted by Gasteiger charge is -2.14. The highest BCUT2D eigenvalue weighted by atomic mass is 19.2. The van der Waals surface area contributed by atoms with Gasteiger partial charge in [-0.3, -0.25) is 4.79 Å². The quantitative estimate of drug-likeness (QED) is 0.725. The van der Waals surface area contributed by atoms with Gasteiger partial charge in [0.2, 0.25) is 0 Å². The smallest absolute Gasteiger partial charge is 0.326 e. The maximum Gasteiger partial charge on any atom is 0.326 e. The molecular weight excluding hydrogens is 280 g/mol. The van der Waals surface area contributed by atoms with Crippen molar-refractivity contribution >= 4 is 11.9 Å². The van der Waals surface area contributed by atoms with Crippen LogP contribution in [0.5, 0.6) is 0 Å². The largest absolute Gasteiger partial charge is 0.480 e. The van der Waals surface area contributed by atoms with Crippen molar-refractivity contribution in [1.82, 2.24) is 5.32 Å². The second-order valence-electron chi connectivity index (χ2n) is 4.84. The molecule has 6 heteroatoms. The zero-order valence-corrected chi connectivity index (χ0v) is 11.9. The van der Waals surface area contributed by atoms with E-state index in [0.717, 1.165) is 37.5 Å². The van der Waals surface area contributed by atoms with E-state index >= 15 is 0 Å². The van der Waals surface area contributed by atoms with Gasteiger partial charge in [-0.25, -0.2) is 13.6 Å². The normalized spacial score (nSPS) is 12.0. The van der Waals surface area contributed by atoms with Gasteiger partial charge in [-0.2, -0.15) is 0 Å². The minimum absolute atomic E-state index is 0.103. The Morgan fingerprint density at radius 1 is 1.19 bits per heavy atom. The molecule has 0 fully saturated rings. The molecule has 116 valence electrons. The van der Waals surface area contributed by atoms with Crippen LogP contribution >= 0.6 is 0 Å². The fourth-order valence-corrected chi connectivity index (χ4v) is 1.91. The molecule has 2 N–H and O–H groups in total. The summed E-state index contributed by atoms with van der Waals surface area (Å²) in [4.78, 5) is 23.0. The van der Waals surface area contributed by atoms with Crippen LogP contribution in [0.1, 0.15) is 49.4 Å². The topological polar surface area (TPSA) is 66.4 Å². The van der Waals surface area contributed by atoms with Crippen LogP contribution in [0, 0.1) is 11.6 Å². The summed E-state index contributed by atoms with van der Waals surface area (Å²) in [5, 5.41) is 11.4. The first-order valence-electron chi connectivity index (χ1n) is 6.94. The monoisotopic (exact) mass is 299 g/mol. The van der Waals surface area contributed by atoms with Crippen LogP contribution in [0.25, 0.3) is 0 Å². The predicted octanol–water partition coefficient (Wildman–Crippen LogP) is 3.12. The highest BCUT2D eigenvalue weighted by molar-refractivity contribution is 5.96. The van der Waals surface area contributed by atoms with E-state index in [2.05, 4.69) is 5.32 Å². The van der Waals surface area contributed by atoms with Crippen LogP contribution in [0.2, 0.25) is 0 Å². The molecule has 0 saturated carbocycles. The van der Waals surface area contributed by atoms with Crippen LogP contribution in [-0.4, -0.2) is 23.0 Å². The lowest BCUT2D eigenvalue weighted by atomic mass is 10.1. The van der Waals surface area contributed by atoms with Crippen LogP contribution < -0.4 is 5.32 Å². The molecule has 0 saturated heterocycles. The standard InChI is InChI=1S/C15H19F2NO3/c1-2-3-4-5-6-13(15(20)21)18-14(19)10-7-8-11(16)12(17)9-10/h7-9,13H,2-6H2,1H3,(H,18,19)(H,20,21)/t13-/m0/s1. The van der Waals surface area contributed by atoms with Crippen molar-refractivity contribution in [3.63, 3.8) is 0 Å². The van der Waals surface area contributed by atoms with Crippen LogP contribution in [0.4, 0.5) is 8.78 Å². The number of unbranched alkanes of at least 4 members (excludes halogenated alkanes) is 3. The van der Waals surface area contributed by atoms with E-state index in [-0.39, 0.29) is 5.56 Å². The van der Waals surface area contributed by atoms with Crippen LogP contribution in [0.3, 0.4) is 0 Å². The molecule has 0 aliphatic rings. The van der Waals surface area contributed by atoms with E-state index in [1.54, 1.807) is 0 Å². The zero-order chi connectivity index (χ0) is 15.8. The van der Waals surface area contributed by atoms with Gasteiger partial charge in [0.1, 0.15) is 6.04 Å². The van der Waals surface area contributed by atoms with Crippen molar-refractivity contribution in [2.75, 3.05) is 0 Å². The molecule has 0 unspecified atom stereocenters. The number of hydrogen-bond donors (Lipinski definition) is 2. The SMILES string of the molecule is CCCCCC[C@H](NC(=O)c1ccc(F)c(F)c1)C(=O)O. The van der Waals surface area contributed by atoms with Crippen molar-refractivity contribution in [2.24, 2.45) is 0 Å². The Morgan fingerprint density at radius 3 is 2.48 bits per heavy atom. The molecule has 0 aromatic heterocycles. The number of halogens is 2. The minimum atomic E-state index is -1.14. The van der Waals surface area contributed by atoms with Crippen LogP contribution in [-0.2, 0) is 4.79 Å². The van der Waals surface area contributed by atoms with Gasteiger partial charge in [0.25, 0.3) is 5.91 Å². The second kappa shape index (κ2) is 8.34. The van der Waals surface area contributed by atoms with Gasteiger partial charge in [-0.1, -0.05) is 32.6 Å². The molecule has 1 aromatic rings. The van der Waals surface area contributed by atoms with Gasteiger partial charge in [0, 0.05) is 5.56 Å². The fourth-order valence-electron chi connectivity index (χ4n) is 1.91. The summed E-state index contributed by atoms with van der Waals surface area (Å²) in [5.41, 5.74) is -0.103. The Hall–Kier alpha value is -1.98. The molecule has 1 rings (SSSR count). The number of amides is 1. The van der Waals surface area contributed by atoms with Crippen molar-refractivity contribution in [2.45, 2.75) is 45.1 Å². The number of benzene rings is 1. The van der Waals surface area contributed by atoms with Crippen molar-refractivity contribution < 1.29 is 23.5 Å². The summed E-state index contributed by atoms with van der Waals surface area (Å²) in [6.45, 7) is 2.04. The molecule has 0 aliphatic carbocycles. The fraction of sp³-hybridized carbons (Fsp3) is 0.467. The van der Waals surface area contributed by atoms with Gasteiger partial charge in [0.05, 0.1) is 0 Å². The lowest BCUT2D eigenvalue weighted by Crippen LogP contribution is -2.40. The number of hydrogen-bond acceptors (Lipinski definition) is 2. The Balaban J connectivity index is 2.63. The molecule has 0 radical (unpaired) electrons. The zero-order valence-electron chi connectivity index (χ0n) is 11.9. The number of carbonyl (C=O) groups is 2. The average Bonchev–Trinajstić information content (AvgIpc) is 2.44. The molecule has 21 heavy (non-hydrogen) atoms. The third kappa shape index (κ3) is 5.49. The summed E-state index contributed by atoms with van der Waals surface area (Å²) in [7, 11) is 0. The van der Waals surface area contributed by atoms with Gasteiger partial charge in [-0.15, -0.1) is 0 Å². The first-order chi connectivity index (χ1) is 9.95. The van der Waals surface area contributed by atoms with Crippen molar-refractivity contribution in [3.05, 3.63) is 35.4 Å². The molecule has 0 bridgehead atoms. The van der Waals surface area contributed by atoms with Gasteiger partial charge in [0.15, 0.2) is 11.6 Å². The molecular formula is C15H19F2NO3. The van der Waals surface area contributed by atoms with Gasteiger partial charge >= 0.3 is 5.97 Å². The number of carboxylic acids is 1. The van der Waals surface area contributed by atoms with Crippen molar-refractivity contribution in [1.29, 1.82) is 0 Å².